The van der Waals surface area contributed by atoms with Gasteiger partial charge in [-0.15, -0.1) is 0 Å². The van der Waals surface area contributed by atoms with E-state index in [2.05, 4.69) is 42.0 Å². The van der Waals surface area contributed by atoms with Crippen molar-refractivity contribution < 1.29 is 28.5 Å². The van der Waals surface area contributed by atoms with Crippen molar-refractivity contribution in [3.05, 3.63) is 81.0 Å². The van der Waals surface area contributed by atoms with Gasteiger partial charge in [0.2, 0.25) is 6.79 Å². The zero-order valence-electron chi connectivity index (χ0n) is 26.5. The molecule has 4 atom stereocenters. The highest BCUT2D eigenvalue weighted by Gasteiger charge is 2.53. The highest BCUT2D eigenvalue weighted by Crippen LogP contribution is 2.59. The van der Waals surface area contributed by atoms with Crippen LogP contribution in [-0.4, -0.2) is 48.8 Å². The Morgan fingerprint density at radius 3 is 2.53 bits per heavy atom. The van der Waals surface area contributed by atoms with Gasteiger partial charge in [-0.1, -0.05) is 43.3 Å². The van der Waals surface area contributed by atoms with Gasteiger partial charge in [0.25, 0.3) is 0 Å². The molecule has 4 aliphatic heterocycles. The van der Waals surface area contributed by atoms with Gasteiger partial charge in [0.05, 0.1) is 25.3 Å². The second kappa shape index (κ2) is 11.0. The number of esters is 1. The first-order valence-corrected chi connectivity index (χ1v) is 15.4. The van der Waals surface area contributed by atoms with E-state index in [9.17, 15) is 10.1 Å². The molecule has 0 radical (unpaired) electrons. The number of aryl methyl sites for hydroxylation is 1. The lowest BCUT2D eigenvalue weighted by Crippen LogP contribution is -2.61. The largest absolute Gasteiger partial charge is 0.493 e. The number of benzene rings is 3. The number of ether oxygens (including phenoxy) is 5. The number of piperazine rings is 1. The standard InChI is InChI=1S/C36H37N3O6/c1-7-25-30-24(33(45-21(4)40)20(3)34-36(30)44-18-43-34)15-27-31-29-23(14-26(38(31)5)28(16-37)39(25)27)13-19(2)32(41-6)35(29)42-17-22-11-9-8-10-12-22/h8-13,15,25-26,28,31H,7,14,17-18H2,1-6H3/t25-,26+,28-,31-/m0/s1. The quantitative estimate of drug-likeness (QED) is 0.241. The van der Waals surface area contributed by atoms with Gasteiger partial charge in [-0.2, -0.15) is 5.26 Å². The molecule has 1 saturated heterocycles. The maximum absolute atomic E-state index is 12.4. The molecular formula is C36H37N3O6. The van der Waals surface area contributed by atoms with Crippen molar-refractivity contribution in [2.45, 2.75) is 71.3 Å². The van der Waals surface area contributed by atoms with Crippen LogP contribution in [0.15, 0.2) is 42.1 Å². The third-order valence-corrected chi connectivity index (χ3v) is 9.65. The highest BCUT2D eigenvalue weighted by molar-refractivity contribution is 5.81. The number of likely N-dealkylation sites (N-methyl/N-ethyl adjacent to an activating group) is 1. The summed E-state index contributed by atoms with van der Waals surface area (Å²) in [4.78, 5) is 17.0. The predicted octanol–water partition coefficient (Wildman–Crippen LogP) is 6.16. The summed E-state index contributed by atoms with van der Waals surface area (Å²) >= 11 is 0. The third-order valence-electron chi connectivity index (χ3n) is 9.65. The van der Waals surface area contributed by atoms with Crippen LogP contribution < -0.4 is 23.7 Å². The topological polar surface area (TPSA) is 93.5 Å². The molecule has 0 aromatic heterocycles. The monoisotopic (exact) mass is 607 g/mol. The van der Waals surface area contributed by atoms with E-state index < -0.39 is 12.0 Å². The average molecular weight is 608 g/mol. The van der Waals surface area contributed by atoms with Crippen LogP contribution in [0.4, 0.5) is 0 Å². The summed E-state index contributed by atoms with van der Waals surface area (Å²) in [6.45, 7) is 7.92. The summed E-state index contributed by atoms with van der Waals surface area (Å²) in [7, 11) is 3.76. The van der Waals surface area contributed by atoms with Crippen LogP contribution in [0.2, 0.25) is 0 Å². The van der Waals surface area contributed by atoms with E-state index in [4.69, 9.17) is 23.7 Å². The van der Waals surface area contributed by atoms with Crippen LogP contribution >= 0.6 is 0 Å². The lowest BCUT2D eigenvalue weighted by atomic mass is 9.75. The van der Waals surface area contributed by atoms with Gasteiger partial charge in [-0.25, -0.2) is 0 Å². The second-order valence-corrected chi connectivity index (χ2v) is 12.2. The van der Waals surface area contributed by atoms with Gasteiger partial charge in [-0.05, 0) is 56.5 Å². The lowest BCUT2D eigenvalue weighted by Gasteiger charge is -2.57. The van der Waals surface area contributed by atoms with E-state index in [1.807, 2.05) is 44.2 Å². The van der Waals surface area contributed by atoms with E-state index in [0.29, 0.717) is 53.8 Å². The molecule has 3 aromatic rings. The van der Waals surface area contributed by atoms with Crippen molar-refractivity contribution in [1.29, 1.82) is 5.26 Å². The number of rotatable bonds is 6. The molecule has 0 saturated carbocycles. The van der Waals surface area contributed by atoms with Crippen LogP contribution in [0.1, 0.15) is 71.3 Å². The molecule has 45 heavy (non-hydrogen) atoms. The van der Waals surface area contributed by atoms with Gasteiger partial charge >= 0.3 is 5.97 Å². The van der Waals surface area contributed by atoms with Crippen LogP contribution in [-0.2, 0) is 17.8 Å². The van der Waals surface area contributed by atoms with Gasteiger partial charge in [0.1, 0.15) is 18.4 Å². The first-order chi connectivity index (χ1) is 21.8. The van der Waals surface area contributed by atoms with Gasteiger partial charge in [0.15, 0.2) is 23.0 Å². The Kier molecular flexibility index (Phi) is 7.13. The van der Waals surface area contributed by atoms with Crippen LogP contribution in [0.5, 0.6) is 28.7 Å². The molecule has 1 fully saturated rings. The number of hydrogen-bond acceptors (Lipinski definition) is 9. The zero-order valence-corrected chi connectivity index (χ0v) is 26.5. The smallest absolute Gasteiger partial charge is 0.308 e. The molecule has 0 spiro atoms. The maximum atomic E-state index is 12.4. The van der Waals surface area contributed by atoms with E-state index in [0.717, 1.165) is 39.1 Å². The molecule has 9 nitrogen and oxygen atoms in total. The average Bonchev–Trinajstić information content (AvgIpc) is 3.52. The normalized spacial score (nSPS) is 22.4. The molecule has 0 N–H and O–H groups in total. The Balaban J connectivity index is 1.49. The molecule has 9 heteroatoms. The molecule has 232 valence electrons. The minimum absolute atomic E-state index is 0.0707. The number of carbonyl (C=O) groups excluding carboxylic acids is 1. The van der Waals surface area contributed by atoms with Gasteiger partial charge in [0, 0.05) is 40.9 Å². The molecule has 0 unspecified atom stereocenters. The summed E-state index contributed by atoms with van der Waals surface area (Å²) in [5.41, 5.74) is 7.55. The molecule has 4 aliphatic rings. The van der Waals surface area contributed by atoms with Crippen molar-refractivity contribution >= 4 is 12.0 Å². The second-order valence-electron chi connectivity index (χ2n) is 12.2. The van der Waals surface area contributed by atoms with Crippen LogP contribution in [0.3, 0.4) is 0 Å². The predicted molar refractivity (Wildman–Crippen MR) is 167 cm³/mol. The van der Waals surface area contributed by atoms with Crippen LogP contribution in [0.25, 0.3) is 6.08 Å². The molecule has 7 rings (SSSR count). The number of carbonyl (C=O) groups is 1. The van der Waals surface area contributed by atoms with Gasteiger partial charge in [-0.3, -0.25) is 9.69 Å². The van der Waals surface area contributed by atoms with E-state index in [-0.39, 0.29) is 24.9 Å². The summed E-state index contributed by atoms with van der Waals surface area (Å²) in [5, 5.41) is 10.8. The summed E-state index contributed by atoms with van der Waals surface area (Å²) in [5.74, 6) is 2.71. The number of fused-ring (bicyclic) bond motifs is 9. The van der Waals surface area contributed by atoms with E-state index in [1.165, 1.54) is 6.92 Å². The fourth-order valence-corrected chi connectivity index (χ4v) is 7.81. The number of hydrogen-bond donors (Lipinski definition) is 0. The van der Waals surface area contributed by atoms with Crippen LogP contribution in [0, 0.1) is 25.2 Å². The SMILES string of the molecule is CC[C@H]1c2c(c(OC(C)=O)c(C)c3c2OCO3)C=C2[C@H]3c4c(cc(C)c(OC)c4OCc4ccccc4)C[C@H]([C@H](C#N)N21)N3C. The van der Waals surface area contributed by atoms with Crippen molar-refractivity contribution in [2.75, 3.05) is 21.0 Å². The Hall–Kier alpha value is -4.68. The zero-order chi connectivity index (χ0) is 31.6. The molecule has 0 aliphatic carbocycles. The Bertz CT molecular complexity index is 1780. The Morgan fingerprint density at radius 2 is 1.84 bits per heavy atom. The lowest BCUT2D eigenvalue weighted by molar-refractivity contribution is -0.131. The minimum atomic E-state index is -0.434. The third kappa shape index (κ3) is 4.34. The van der Waals surface area contributed by atoms with Crippen molar-refractivity contribution in [3.8, 4) is 34.8 Å². The number of nitriles is 1. The first kappa shape index (κ1) is 29.1. The fourth-order valence-electron chi connectivity index (χ4n) is 7.81. The highest BCUT2D eigenvalue weighted by atomic mass is 16.7. The van der Waals surface area contributed by atoms with Crippen molar-refractivity contribution in [3.63, 3.8) is 0 Å². The Morgan fingerprint density at radius 1 is 1.09 bits per heavy atom. The van der Waals surface area contributed by atoms with Gasteiger partial charge < -0.3 is 28.6 Å². The fraction of sp³-hybridized carbons (Fsp3) is 0.389. The van der Waals surface area contributed by atoms with E-state index in [1.54, 1.807) is 7.11 Å². The molecular weight excluding hydrogens is 570 g/mol. The number of methoxy groups -OCH3 is 1. The first-order valence-electron chi connectivity index (χ1n) is 15.4. The Labute approximate surface area is 263 Å². The molecule has 4 heterocycles. The van der Waals surface area contributed by atoms with Crippen molar-refractivity contribution in [1.82, 2.24) is 9.80 Å². The summed E-state index contributed by atoms with van der Waals surface area (Å²) < 4.78 is 30.5. The molecule has 3 aromatic carbocycles. The summed E-state index contributed by atoms with van der Waals surface area (Å²) in [6, 6.07) is 14.0. The molecule has 2 bridgehead atoms. The number of nitrogens with zero attached hydrogens (tertiary/aromatic N) is 3. The minimum Gasteiger partial charge on any atom is -0.493 e. The van der Waals surface area contributed by atoms with Crippen molar-refractivity contribution in [2.24, 2.45) is 0 Å². The van der Waals surface area contributed by atoms with E-state index >= 15 is 0 Å². The molecule has 0 amide bonds. The maximum Gasteiger partial charge on any atom is 0.308 e. The summed E-state index contributed by atoms with van der Waals surface area (Å²) in [6.07, 6.45) is 3.47.